The Kier molecular flexibility index (Phi) is 4.56. The molecule has 0 aliphatic heterocycles. The minimum Gasteiger partial charge on any atom is -0.294 e. The van der Waals surface area contributed by atoms with Gasteiger partial charge in [-0.05, 0) is 49.9 Å². The molecule has 0 N–H and O–H groups in total. The van der Waals surface area contributed by atoms with Crippen LogP contribution in [0, 0.1) is 12.7 Å². The van der Waals surface area contributed by atoms with Crippen molar-refractivity contribution >= 4 is 5.78 Å². The highest BCUT2D eigenvalue weighted by atomic mass is 19.1. The van der Waals surface area contributed by atoms with Crippen LogP contribution in [0.5, 0.6) is 0 Å². The summed E-state index contributed by atoms with van der Waals surface area (Å²) in [7, 11) is 0. The number of hydrogen-bond donors (Lipinski definition) is 0. The molecule has 1 aromatic carbocycles. The molecule has 0 fully saturated rings. The second-order valence-electron chi connectivity index (χ2n) is 5.26. The Morgan fingerprint density at radius 2 is 2.00 bits per heavy atom. The zero-order chi connectivity index (χ0) is 15.6. The third kappa shape index (κ3) is 3.04. The molecular weight excluding hydrogens is 267 g/mol. The van der Waals surface area contributed by atoms with Gasteiger partial charge in [-0.3, -0.25) is 9.48 Å². The van der Waals surface area contributed by atoms with Crippen molar-refractivity contribution < 1.29 is 9.18 Å². The summed E-state index contributed by atoms with van der Waals surface area (Å²) in [6.07, 6.45) is 1.45. The summed E-state index contributed by atoms with van der Waals surface area (Å²) >= 11 is 0. The second-order valence-corrected chi connectivity index (χ2v) is 5.26. The van der Waals surface area contributed by atoms with E-state index in [4.69, 9.17) is 0 Å². The quantitative estimate of drug-likeness (QED) is 0.786. The van der Waals surface area contributed by atoms with Crippen molar-refractivity contribution in [3.05, 3.63) is 52.1 Å². The first-order valence-corrected chi connectivity index (χ1v) is 7.32. The van der Waals surface area contributed by atoms with Gasteiger partial charge in [-0.2, -0.15) is 5.10 Å². The molecule has 112 valence electrons. The largest absolute Gasteiger partial charge is 0.294 e. The monoisotopic (exact) mass is 288 g/mol. The van der Waals surface area contributed by atoms with Gasteiger partial charge < -0.3 is 0 Å². The van der Waals surface area contributed by atoms with Gasteiger partial charge in [0.15, 0.2) is 5.78 Å². The maximum atomic E-state index is 13.4. The van der Waals surface area contributed by atoms with E-state index in [2.05, 4.69) is 5.10 Å². The molecule has 0 spiro atoms. The first-order chi connectivity index (χ1) is 9.97. The van der Waals surface area contributed by atoms with Crippen molar-refractivity contribution in [2.45, 2.75) is 47.1 Å². The summed E-state index contributed by atoms with van der Waals surface area (Å²) in [5.74, 6) is -0.200. The molecule has 2 rings (SSSR count). The summed E-state index contributed by atoms with van der Waals surface area (Å²) in [5.41, 5.74) is 4.41. The number of ketones is 1. The van der Waals surface area contributed by atoms with Crippen molar-refractivity contribution in [3.63, 3.8) is 0 Å². The van der Waals surface area contributed by atoms with Gasteiger partial charge in [0.25, 0.3) is 0 Å². The Hall–Kier alpha value is -1.97. The van der Waals surface area contributed by atoms with Crippen molar-refractivity contribution in [3.8, 4) is 0 Å². The number of rotatable bonds is 5. The molecular formula is C17H21FN2O. The smallest absolute Gasteiger partial charge is 0.163 e. The lowest BCUT2D eigenvalue weighted by molar-refractivity contribution is 0.101. The molecule has 4 heteroatoms. The molecule has 0 unspecified atom stereocenters. The van der Waals surface area contributed by atoms with E-state index in [1.165, 1.54) is 12.1 Å². The molecule has 0 atom stereocenters. The zero-order valence-corrected chi connectivity index (χ0v) is 13.0. The van der Waals surface area contributed by atoms with Gasteiger partial charge in [0.1, 0.15) is 5.82 Å². The summed E-state index contributed by atoms with van der Waals surface area (Å²) in [5, 5.41) is 4.56. The van der Waals surface area contributed by atoms with Crippen molar-refractivity contribution in [1.29, 1.82) is 0 Å². The van der Waals surface area contributed by atoms with E-state index in [1.807, 2.05) is 25.5 Å². The van der Waals surface area contributed by atoms with Crippen LogP contribution in [-0.4, -0.2) is 15.6 Å². The first-order valence-electron chi connectivity index (χ1n) is 7.32. The molecule has 0 saturated heterocycles. The molecule has 0 bridgehead atoms. The van der Waals surface area contributed by atoms with E-state index in [0.29, 0.717) is 6.54 Å². The number of aromatic nitrogens is 2. The summed E-state index contributed by atoms with van der Waals surface area (Å²) in [6.45, 7) is 8.03. The number of hydrogen-bond acceptors (Lipinski definition) is 2. The molecule has 0 saturated carbocycles. The number of carbonyl (C=O) groups excluding carboxylic acids is 1. The molecule has 1 aromatic heterocycles. The van der Waals surface area contributed by atoms with Gasteiger partial charge in [0, 0.05) is 5.69 Å². The molecule has 0 radical (unpaired) electrons. The van der Waals surface area contributed by atoms with Gasteiger partial charge >= 0.3 is 0 Å². The third-order valence-electron chi connectivity index (χ3n) is 3.78. The Morgan fingerprint density at radius 1 is 1.29 bits per heavy atom. The number of Topliss-reactive ketones (excluding diaryl/α,β-unsaturated/α-hetero) is 1. The highest BCUT2D eigenvalue weighted by Crippen LogP contribution is 2.20. The predicted molar refractivity (Wildman–Crippen MR) is 81.2 cm³/mol. The minimum absolute atomic E-state index is 0.0471. The molecule has 0 amide bonds. The van der Waals surface area contributed by atoms with Gasteiger partial charge in [-0.15, -0.1) is 0 Å². The van der Waals surface area contributed by atoms with Crippen LogP contribution in [0.15, 0.2) is 18.2 Å². The number of aryl methyl sites for hydroxylation is 2. The molecule has 0 aliphatic carbocycles. The Morgan fingerprint density at radius 3 is 2.57 bits per heavy atom. The summed E-state index contributed by atoms with van der Waals surface area (Å²) < 4.78 is 15.3. The molecule has 1 heterocycles. The number of halogens is 1. The Labute approximate surface area is 124 Å². The summed E-state index contributed by atoms with van der Waals surface area (Å²) in [4.78, 5) is 11.9. The maximum Gasteiger partial charge on any atom is 0.163 e. The van der Waals surface area contributed by atoms with E-state index in [9.17, 15) is 9.18 Å². The third-order valence-corrected chi connectivity index (χ3v) is 3.78. The maximum absolute atomic E-state index is 13.4. The van der Waals surface area contributed by atoms with Crippen LogP contribution < -0.4 is 0 Å². The van der Waals surface area contributed by atoms with E-state index in [-0.39, 0.29) is 11.6 Å². The lowest BCUT2D eigenvalue weighted by Crippen LogP contribution is -2.09. The normalized spacial score (nSPS) is 10.9. The fourth-order valence-electron chi connectivity index (χ4n) is 2.67. The highest BCUT2D eigenvalue weighted by molar-refractivity contribution is 5.96. The van der Waals surface area contributed by atoms with Gasteiger partial charge in [0.05, 0.1) is 17.8 Å². The number of carbonyl (C=O) groups is 1. The summed E-state index contributed by atoms with van der Waals surface area (Å²) in [6, 6.07) is 4.77. The van der Waals surface area contributed by atoms with E-state index < -0.39 is 0 Å². The molecule has 0 aliphatic rings. The van der Waals surface area contributed by atoms with Gasteiger partial charge in [-0.25, -0.2) is 4.39 Å². The second kappa shape index (κ2) is 6.20. The Bertz CT molecular complexity index is 674. The van der Waals surface area contributed by atoms with Crippen LogP contribution in [0.4, 0.5) is 4.39 Å². The fourth-order valence-corrected chi connectivity index (χ4v) is 2.67. The predicted octanol–water partition coefficient (Wildman–Crippen LogP) is 3.71. The van der Waals surface area contributed by atoms with Crippen molar-refractivity contribution in [1.82, 2.24) is 9.78 Å². The van der Waals surface area contributed by atoms with E-state index in [1.54, 1.807) is 13.0 Å². The average Bonchev–Trinajstić information content (AvgIpc) is 2.80. The lowest BCUT2D eigenvalue weighted by Gasteiger charge is -2.09. The van der Waals surface area contributed by atoms with E-state index >= 15 is 0 Å². The van der Waals surface area contributed by atoms with E-state index in [0.717, 1.165) is 40.9 Å². The number of nitrogens with zero attached hydrogens (tertiary/aromatic N) is 2. The Balaban J connectivity index is 2.49. The van der Waals surface area contributed by atoms with Gasteiger partial charge in [-0.1, -0.05) is 19.9 Å². The number of benzene rings is 1. The molecule has 2 aromatic rings. The minimum atomic E-state index is -0.247. The van der Waals surface area contributed by atoms with Crippen LogP contribution in [0.1, 0.15) is 53.6 Å². The topological polar surface area (TPSA) is 34.9 Å². The highest BCUT2D eigenvalue weighted by Gasteiger charge is 2.19. The first kappa shape index (κ1) is 15.4. The average molecular weight is 288 g/mol. The standard InChI is InChI=1S/C17H21FN2O/c1-5-15-17(12(4)21)16(6-2)20(19-15)10-13-9-14(18)8-7-11(13)3/h7-9H,5-6,10H2,1-4H3. The van der Waals surface area contributed by atoms with Crippen LogP contribution in [0.2, 0.25) is 0 Å². The lowest BCUT2D eigenvalue weighted by atomic mass is 10.1. The zero-order valence-electron chi connectivity index (χ0n) is 13.0. The van der Waals surface area contributed by atoms with Crippen LogP contribution in [-0.2, 0) is 19.4 Å². The molecule has 3 nitrogen and oxygen atoms in total. The van der Waals surface area contributed by atoms with Crippen LogP contribution in [0.25, 0.3) is 0 Å². The fraction of sp³-hybridized carbons (Fsp3) is 0.412. The van der Waals surface area contributed by atoms with Crippen molar-refractivity contribution in [2.24, 2.45) is 0 Å². The van der Waals surface area contributed by atoms with Crippen LogP contribution >= 0.6 is 0 Å². The molecule has 21 heavy (non-hydrogen) atoms. The van der Waals surface area contributed by atoms with Gasteiger partial charge in [0.2, 0.25) is 0 Å². The van der Waals surface area contributed by atoms with Crippen LogP contribution in [0.3, 0.4) is 0 Å². The SMILES string of the molecule is CCc1nn(Cc2cc(F)ccc2C)c(CC)c1C(C)=O. The van der Waals surface area contributed by atoms with Crippen molar-refractivity contribution in [2.75, 3.05) is 0 Å².